The van der Waals surface area contributed by atoms with Crippen LogP contribution in [0, 0.1) is 6.92 Å². The van der Waals surface area contributed by atoms with Crippen molar-refractivity contribution in [3.63, 3.8) is 0 Å². The number of aryl methyl sites for hydroxylation is 1. The van der Waals surface area contributed by atoms with E-state index in [-0.39, 0.29) is 41.3 Å². The molecule has 0 unspecified atom stereocenters. The smallest absolute Gasteiger partial charge is 0.292 e. The quantitative estimate of drug-likeness (QED) is 0.284. The molecule has 1 amide bonds. The summed E-state index contributed by atoms with van der Waals surface area (Å²) in [4.78, 5) is 40.4. The molecule has 0 aromatic carbocycles. The molecule has 5 aromatic heterocycles. The number of rotatable bonds is 5. The highest BCUT2D eigenvalue weighted by Crippen LogP contribution is 2.45. The van der Waals surface area contributed by atoms with Gasteiger partial charge in [-0.2, -0.15) is 14.7 Å². The average molecular weight is 538 g/mol. The second-order valence-corrected chi connectivity index (χ2v) is 10.6. The van der Waals surface area contributed by atoms with Gasteiger partial charge in [0.25, 0.3) is 5.91 Å². The molecule has 40 heavy (non-hydrogen) atoms. The number of piperidine rings is 1. The summed E-state index contributed by atoms with van der Waals surface area (Å²) in [5.41, 5.74) is 12.3. The van der Waals surface area contributed by atoms with Gasteiger partial charge in [-0.05, 0) is 51.7 Å². The maximum absolute atomic E-state index is 13.1. The molecule has 0 saturated carbocycles. The molecule has 0 spiro atoms. The van der Waals surface area contributed by atoms with Crippen LogP contribution in [0.5, 0.6) is 0 Å². The number of H-pyrrole nitrogens is 2. The standard InChI is InChI=1S/C27H27N11O2/c1-13-7-21(35-34-13)20-6-3-15(10-29-20)19-11-32-38-24(28)22(14(2)39)23(33-26(19)38)16-8-17-4-5-18(9-16)37(17)27(40)25-30-12-31-36-25/h3,6-7,10-12,16-18H,4-5,8-9,28H2,1-2H3,(H,34,35)(H,30,31,36)/t16-,17-,18+. The van der Waals surface area contributed by atoms with Gasteiger partial charge >= 0.3 is 0 Å². The number of nitrogens with two attached hydrogens (primary N) is 1. The SMILES string of the molecule is CC(=O)c1c([C@@H]2C[C@H]3CC[C@@H](C2)N3C(=O)c2nnc[nH]2)nc2c(-c3ccc(-c4cc(C)[nH]n4)nc3)cnn2c1N. The average Bonchev–Trinajstić information content (AvgIpc) is 3.75. The van der Waals surface area contributed by atoms with Crippen molar-refractivity contribution in [2.24, 2.45) is 0 Å². The number of carbonyl (C=O) groups is 2. The van der Waals surface area contributed by atoms with Gasteiger partial charge in [-0.25, -0.2) is 4.98 Å². The van der Waals surface area contributed by atoms with E-state index in [0.29, 0.717) is 29.7 Å². The molecule has 2 aliphatic rings. The van der Waals surface area contributed by atoms with Crippen molar-refractivity contribution in [1.82, 2.24) is 49.9 Å². The molecular formula is C27H27N11O2. The van der Waals surface area contributed by atoms with Gasteiger partial charge in [-0.15, -0.1) is 10.2 Å². The van der Waals surface area contributed by atoms with Crippen molar-refractivity contribution in [2.45, 2.75) is 57.5 Å². The summed E-state index contributed by atoms with van der Waals surface area (Å²) >= 11 is 0. The van der Waals surface area contributed by atoms with E-state index in [1.807, 2.05) is 30.0 Å². The topological polar surface area (TPSA) is 177 Å². The lowest BCUT2D eigenvalue weighted by Gasteiger charge is -2.38. The van der Waals surface area contributed by atoms with Crippen molar-refractivity contribution in [3.05, 3.63) is 59.7 Å². The maximum atomic E-state index is 13.1. The van der Waals surface area contributed by atoms with Gasteiger partial charge < -0.3 is 15.6 Å². The predicted molar refractivity (Wildman–Crippen MR) is 144 cm³/mol. The number of ketones is 1. The molecular weight excluding hydrogens is 510 g/mol. The minimum Gasteiger partial charge on any atom is -0.383 e. The second-order valence-electron chi connectivity index (χ2n) is 10.6. The van der Waals surface area contributed by atoms with Crippen LogP contribution in [0.4, 0.5) is 5.82 Å². The summed E-state index contributed by atoms with van der Waals surface area (Å²) in [7, 11) is 0. The van der Waals surface area contributed by atoms with Crippen LogP contribution in [-0.2, 0) is 0 Å². The van der Waals surface area contributed by atoms with Crippen LogP contribution in [0.3, 0.4) is 0 Å². The van der Waals surface area contributed by atoms with Gasteiger partial charge in [-0.1, -0.05) is 6.07 Å². The highest BCUT2D eigenvalue weighted by molar-refractivity contribution is 6.00. The number of anilines is 1. The molecule has 0 radical (unpaired) electrons. The van der Waals surface area contributed by atoms with Crippen molar-refractivity contribution in [3.8, 4) is 22.5 Å². The van der Waals surface area contributed by atoms with Crippen LogP contribution >= 0.6 is 0 Å². The molecule has 5 aromatic rings. The van der Waals surface area contributed by atoms with Crippen molar-refractivity contribution >= 4 is 23.2 Å². The Morgan fingerprint density at radius 2 is 1.90 bits per heavy atom. The molecule has 7 rings (SSSR count). The van der Waals surface area contributed by atoms with Gasteiger partial charge in [0.1, 0.15) is 17.8 Å². The highest BCUT2D eigenvalue weighted by atomic mass is 16.2. The summed E-state index contributed by atoms with van der Waals surface area (Å²) < 4.78 is 1.53. The summed E-state index contributed by atoms with van der Waals surface area (Å²) in [5.74, 6) is 0.176. The normalized spacial score (nSPS) is 20.4. The van der Waals surface area contributed by atoms with Crippen molar-refractivity contribution < 1.29 is 9.59 Å². The Kier molecular flexibility index (Phi) is 5.47. The molecule has 2 aliphatic heterocycles. The third kappa shape index (κ3) is 3.76. The summed E-state index contributed by atoms with van der Waals surface area (Å²) in [6, 6.07) is 5.83. The van der Waals surface area contributed by atoms with Crippen LogP contribution in [0.2, 0.25) is 0 Å². The number of aromatic amines is 2. The number of nitrogen functional groups attached to an aromatic ring is 1. The molecule has 13 heteroatoms. The number of hydrogen-bond acceptors (Lipinski definition) is 9. The summed E-state index contributed by atoms with van der Waals surface area (Å²) in [6.07, 6.45) is 8.02. The van der Waals surface area contributed by atoms with Gasteiger partial charge in [0.15, 0.2) is 11.4 Å². The van der Waals surface area contributed by atoms with Crippen molar-refractivity contribution in [1.29, 1.82) is 0 Å². The fraction of sp³-hybridized carbons (Fsp3) is 0.333. The van der Waals surface area contributed by atoms with Crippen LogP contribution < -0.4 is 5.73 Å². The van der Waals surface area contributed by atoms with Crippen LogP contribution in [0.25, 0.3) is 28.2 Å². The van der Waals surface area contributed by atoms with Gasteiger partial charge in [0.05, 0.1) is 23.1 Å². The lowest BCUT2D eigenvalue weighted by atomic mass is 9.85. The molecule has 13 nitrogen and oxygen atoms in total. The minimum atomic E-state index is -0.160. The third-order valence-corrected chi connectivity index (χ3v) is 8.08. The Morgan fingerprint density at radius 1 is 1.10 bits per heavy atom. The third-order valence-electron chi connectivity index (χ3n) is 8.08. The highest BCUT2D eigenvalue weighted by Gasteiger charge is 2.45. The number of amides is 1. The summed E-state index contributed by atoms with van der Waals surface area (Å²) in [5, 5.41) is 19.4. The number of pyridine rings is 1. The number of Topliss-reactive ketones (excluding diaryl/α,β-unsaturated/α-hetero) is 1. The fourth-order valence-electron chi connectivity index (χ4n) is 6.31. The molecule has 2 saturated heterocycles. The monoisotopic (exact) mass is 537 g/mol. The van der Waals surface area contributed by atoms with E-state index < -0.39 is 0 Å². The van der Waals surface area contributed by atoms with E-state index in [1.165, 1.54) is 17.8 Å². The second kappa shape index (κ2) is 9.07. The lowest BCUT2D eigenvalue weighted by Crippen LogP contribution is -2.46. The van der Waals surface area contributed by atoms with Crippen LogP contribution in [0.15, 0.2) is 36.9 Å². The first-order chi connectivity index (χ1) is 19.4. The molecule has 2 bridgehead atoms. The molecule has 4 N–H and O–H groups in total. The summed E-state index contributed by atoms with van der Waals surface area (Å²) in [6.45, 7) is 3.44. The lowest BCUT2D eigenvalue weighted by molar-refractivity contribution is 0.0556. The number of nitrogens with one attached hydrogen (secondary N) is 2. The first kappa shape index (κ1) is 24.1. The van der Waals surface area contributed by atoms with E-state index in [4.69, 9.17) is 10.7 Å². The first-order valence-corrected chi connectivity index (χ1v) is 13.2. The van der Waals surface area contributed by atoms with E-state index >= 15 is 0 Å². The molecule has 7 heterocycles. The van der Waals surface area contributed by atoms with Gasteiger partial charge in [-0.3, -0.25) is 19.7 Å². The largest absolute Gasteiger partial charge is 0.383 e. The Bertz CT molecular complexity index is 1740. The molecule has 2 fully saturated rings. The Balaban J connectivity index is 1.26. The fourth-order valence-corrected chi connectivity index (χ4v) is 6.31. The first-order valence-electron chi connectivity index (χ1n) is 13.2. The number of nitrogens with zero attached hydrogens (tertiary/aromatic N) is 8. The number of aromatic nitrogens is 9. The maximum Gasteiger partial charge on any atom is 0.292 e. The predicted octanol–water partition coefficient (Wildman–Crippen LogP) is 2.94. The zero-order valence-corrected chi connectivity index (χ0v) is 22.0. The van der Waals surface area contributed by atoms with E-state index in [2.05, 4.69) is 35.5 Å². The molecule has 202 valence electrons. The van der Waals surface area contributed by atoms with E-state index in [9.17, 15) is 9.59 Å². The number of carbonyl (C=O) groups excluding carboxylic acids is 2. The Hall–Kier alpha value is -4.94. The van der Waals surface area contributed by atoms with Gasteiger partial charge in [0, 0.05) is 41.0 Å². The Labute approximate surface area is 228 Å². The van der Waals surface area contributed by atoms with E-state index in [1.54, 1.807) is 12.4 Å². The number of hydrogen-bond donors (Lipinski definition) is 3. The van der Waals surface area contributed by atoms with Crippen LogP contribution in [-0.4, -0.2) is 73.6 Å². The van der Waals surface area contributed by atoms with Gasteiger partial charge in [0.2, 0.25) is 5.82 Å². The molecule has 3 atom stereocenters. The van der Waals surface area contributed by atoms with Crippen LogP contribution in [0.1, 0.15) is 70.9 Å². The van der Waals surface area contributed by atoms with E-state index in [0.717, 1.165) is 41.1 Å². The number of fused-ring (bicyclic) bond motifs is 3. The minimum absolute atomic E-state index is 0.0206. The Morgan fingerprint density at radius 3 is 2.52 bits per heavy atom. The zero-order chi connectivity index (χ0) is 27.5. The molecule has 0 aliphatic carbocycles. The van der Waals surface area contributed by atoms with Crippen molar-refractivity contribution in [2.75, 3.05) is 5.73 Å². The zero-order valence-electron chi connectivity index (χ0n) is 22.0.